The van der Waals surface area contributed by atoms with Crippen LogP contribution in [0.2, 0.25) is 0 Å². The lowest BCUT2D eigenvalue weighted by atomic mass is 10.1. The van der Waals surface area contributed by atoms with Crippen LogP contribution in [0.4, 0.5) is 10.5 Å². The first-order chi connectivity index (χ1) is 11.5. The summed E-state index contributed by atoms with van der Waals surface area (Å²) in [4.78, 5) is 17.0. The fraction of sp³-hybridized carbons (Fsp3) is 0.765. The molecular formula is C17H29N5O2. The maximum atomic E-state index is 12.6. The molecule has 24 heavy (non-hydrogen) atoms. The van der Waals surface area contributed by atoms with E-state index in [-0.39, 0.29) is 24.3 Å². The van der Waals surface area contributed by atoms with Crippen LogP contribution in [-0.4, -0.2) is 70.0 Å². The van der Waals surface area contributed by atoms with Gasteiger partial charge in [0.05, 0.1) is 24.1 Å². The molecule has 3 heterocycles. The first-order valence-electron chi connectivity index (χ1n) is 9.03. The number of morpholine rings is 1. The normalized spacial score (nSPS) is 28.3. The summed E-state index contributed by atoms with van der Waals surface area (Å²) in [7, 11) is 0. The Morgan fingerprint density at radius 1 is 1.38 bits per heavy atom. The van der Waals surface area contributed by atoms with Gasteiger partial charge in [-0.3, -0.25) is 9.58 Å². The van der Waals surface area contributed by atoms with Crippen molar-refractivity contribution >= 4 is 11.7 Å². The molecule has 2 amide bonds. The average molecular weight is 335 g/mol. The van der Waals surface area contributed by atoms with Gasteiger partial charge in [0.2, 0.25) is 0 Å². The number of aromatic nitrogens is 2. The summed E-state index contributed by atoms with van der Waals surface area (Å²) >= 11 is 0. The van der Waals surface area contributed by atoms with E-state index in [1.165, 1.54) is 0 Å². The highest BCUT2D eigenvalue weighted by Crippen LogP contribution is 2.21. The van der Waals surface area contributed by atoms with E-state index in [4.69, 9.17) is 4.74 Å². The molecule has 2 aliphatic heterocycles. The van der Waals surface area contributed by atoms with Crippen molar-refractivity contribution in [1.82, 2.24) is 19.6 Å². The van der Waals surface area contributed by atoms with E-state index in [1.807, 2.05) is 22.7 Å². The number of hydrogen-bond acceptors (Lipinski definition) is 4. The van der Waals surface area contributed by atoms with Crippen molar-refractivity contribution in [2.24, 2.45) is 0 Å². The molecular weight excluding hydrogens is 306 g/mol. The predicted molar refractivity (Wildman–Crippen MR) is 93.1 cm³/mol. The zero-order valence-electron chi connectivity index (χ0n) is 14.9. The summed E-state index contributed by atoms with van der Waals surface area (Å²) < 4.78 is 7.62. The number of nitrogens with zero attached hydrogens (tertiary/aromatic N) is 4. The topological polar surface area (TPSA) is 62.6 Å². The van der Waals surface area contributed by atoms with Gasteiger partial charge in [0.1, 0.15) is 0 Å². The molecule has 134 valence electrons. The van der Waals surface area contributed by atoms with Crippen LogP contribution >= 0.6 is 0 Å². The predicted octanol–water partition coefficient (Wildman–Crippen LogP) is 2.01. The summed E-state index contributed by atoms with van der Waals surface area (Å²) in [6.07, 6.45) is 6.24. The number of aryl methyl sites for hydroxylation is 1. The molecule has 2 saturated heterocycles. The van der Waals surface area contributed by atoms with Crippen LogP contribution in [0, 0.1) is 0 Å². The third-order valence-corrected chi connectivity index (χ3v) is 4.81. The van der Waals surface area contributed by atoms with Gasteiger partial charge in [-0.05, 0) is 33.6 Å². The summed E-state index contributed by atoms with van der Waals surface area (Å²) in [6, 6.07) is 0.270. The number of nitrogens with one attached hydrogen (secondary N) is 1. The third kappa shape index (κ3) is 4.08. The molecule has 7 heteroatoms. The van der Waals surface area contributed by atoms with Crippen LogP contribution in [-0.2, 0) is 11.3 Å². The fourth-order valence-corrected chi connectivity index (χ4v) is 3.82. The number of anilines is 1. The van der Waals surface area contributed by atoms with Gasteiger partial charge in [-0.1, -0.05) is 0 Å². The van der Waals surface area contributed by atoms with Gasteiger partial charge in [-0.25, -0.2) is 4.79 Å². The van der Waals surface area contributed by atoms with E-state index in [2.05, 4.69) is 29.2 Å². The number of carbonyl (C=O) groups is 1. The molecule has 0 aliphatic carbocycles. The Morgan fingerprint density at radius 3 is 2.79 bits per heavy atom. The quantitative estimate of drug-likeness (QED) is 0.914. The van der Waals surface area contributed by atoms with Crippen LogP contribution in [0.15, 0.2) is 12.4 Å². The number of hydrogen-bond donors (Lipinski definition) is 1. The molecule has 0 spiro atoms. The number of amides is 2. The Hall–Kier alpha value is -1.60. The van der Waals surface area contributed by atoms with Crippen LogP contribution in [0.1, 0.15) is 33.6 Å². The summed E-state index contributed by atoms with van der Waals surface area (Å²) in [5, 5.41) is 7.19. The molecule has 2 fully saturated rings. The molecule has 1 aromatic heterocycles. The fourth-order valence-electron chi connectivity index (χ4n) is 3.82. The smallest absolute Gasteiger partial charge is 0.322 e. The van der Waals surface area contributed by atoms with Gasteiger partial charge in [-0.2, -0.15) is 5.10 Å². The second-order valence-electron chi connectivity index (χ2n) is 6.98. The zero-order valence-corrected chi connectivity index (χ0v) is 14.9. The first kappa shape index (κ1) is 17.2. The van der Waals surface area contributed by atoms with Crippen molar-refractivity contribution in [1.29, 1.82) is 0 Å². The van der Waals surface area contributed by atoms with E-state index in [0.717, 1.165) is 51.3 Å². The van der Waals surface area contributed by atoms with Crippen molar-refractivity contribution in [2.45, 2.75) is 58.4 Å². The highest BCUT2D eigenvalue weighted by molar-refractivity contribution is 5.89. The number of rotatable bonds is 4. The number of ether oxygens (including phenoxy) is 1. The van der Waals surface area contributed by atoms with Crippen molar-refractivity contribution in [3.05, 3.63) is 12.4 Å². The van der Waals surface area contributed by atoms with Gasteiger partial charge in [-0.15, -0.1) is 0 Å². The maximum Gasteiger partial charge on any atom is 0.322 e. The Labute approximate surface area is 143 Å². The molecule has 1 N–H and O–H groups in total. The van der Waals surface area contributed by atoms with Crippen LogP contribution in [0.5, 0.6) is 0 Å². The molecule has 7 nitrogen and oxygen atoms in total. The Balaban J connectivity index is 1.57. The minimum atomic E-state index is -0.0116. The molecule has 0 saturated carbocycles. The lowest BCUT2D eigenvalue weighted by Gasteiger charge is -2.38. The molecule has 0 bridgehead atoms. The molecule has 1 aromatic rings. The van der Waals surface area contributed by atoms with Crippen molar-refractivity contribution in [2.75, 3.05) is 31.5 Å². The number of carbonyl (C=O) groups excluding carboxylic acids is 1. The highest BCUT2D eigenvalue weighted by Gasteiger charge is 2.32. The Bertz CT molecular complexity index is 551. The van der Waals surface area contributed by atoms with Gasteiger partial charge in [0, 0.05) is 45.0 Å². The van der Waals surface area contributed by atoms with E-state index in [1.54, 1.807) is 6.20 Å². The maximum absolute atomic E-state index is 12.6. The van der Waals surface area contributed by atoms with Gasteiger partial charge in [0.15, 0.2) is 0 Å². The minimum absolute atomic E-state index is 0.0116. The highest BCUT2D eigenvalue weighted by atomic mass is 16.5. The largest absolute Gasteiger partial charge is 0.373 e. The second-order valence-corrected chi connectivity index (χ2v) is 6.98. The monoisotopic (exact) mass is 335 g/mol. The molecule has 2 aliphatic rings. The standard InChI is InChI=1S/C17H29N5O2/c1-4-21-11-15(8-18-21)19-17(23)22-7-5-6-16(22)12-20-9-13(2)24-14(3)10-20/h8,11,13-14,16H,4-7,9-10,12H2,1-3H3,(H,19,23)/t13-,14-,16-/m1/s1. The molecule has 3 rings (SSSR count). The lowest BCUT2D eigenvalue weighted by Crippen LogP contribution is -2.51. The average Bonchev–Trinajstić information content (AvgIpc) is 3.15. The van der Waals surface area contributed by atoms with Gasteiger partial charge in [0.25, 0.3) is 0 Å². The third-order valence-electron chi connectivity index (χ3n) is 4.81. The van der Waals surface area contributed by atoms with E-state index < -0.39 is 0 Å². The Morgan fingerprint density at radius 2 is 2.12 bits per heavy atom. The van der Waals surface area contributed by atoms with Gasteiger partial charge >= 0.3 is 6.03 Å². The molecule has 0 radical (unpaired) electrons. The molecule has 0 aromatic carbocycles. The van der Waals surface area contributed by atoms with Crippen LogP contribution < -0.4 is 5.32 Å². The summed E-state index contributed by atoms with van der Waals surface area (Å²) in [5.74, 6) is 0. The minimum Gasteiger partial charge on any atom is -0.373 e. The zero-order chi connectivity index (χ0) is 17.1. The van der Waals surface area contributed by atoms with Crippen LogP contribution in [0.25, 0.3) is 0 Å². The summed E-state index contributed by atoms with van der Waals surface area (Å²) in [6.45, 7) is 10.7. The van der Waals surface area contributed by atoms with E-state index >= 15 is 0 Å². The van der Waals surface area contributed by atoms with Crippen molar-refractivity contribution in [3.63, 3.8) is 0 Å². The van der Waals surface area contributed by atoms with Crippen LogP contribution in [0.3, 0.4) is 0 Å². The van der Waals surface area contributed by atoms with Crippen molar-refractivity contribution in [3.8, 4) is 0 Å². The van der Waals surface area contributed by atoms with E-state index in [0.29, 0.717) is 0 Å². The SMILES string of the molecule is CCn1cc(NC(=O)N2CCC[C@@H]2CN2C[C@@H](C)O[C@H](C)C2)cn1. The number of likely N-dealkylation sites (tertiary alicyclic amines) is 1. The Kier molecular flexibility index (Phi) is 5.40. The number of urea groups is 1. The first-order valence-corrected chi connectivity index (χ1v) is 9.03. The van der Waals surface area contributed by atoms with Gasteiger partial charge < -0.3 is 15.0 Å². The van der Waals surface area contributed by atoms with Crippen molar-refractivity contribution < 1.29 is 9.53 Å². The lowest BCUT2D eigenvalue weighted by molar-refractivity contribution is -0.0712. The van der Waals surface area contributed by atoms with E-state index in [9.17, 15) is 4.79 Å². The second kappa shape index (κ2) is 7.53. The molecule has 0 unspecified atom stereocenters. The molecule has 3 atom stereocenters. The summed E-state index contributed by atoms with van der Waals surface area (Å²) in [5.41, 5.74) is 0.765.